The van der Waals surface area contributed by atoms with Crippen molar-refractivity contribution in [1.82, 2.24) is 9.97 Å². The molecule has 0 unspecified atom stereocenters. The van der Waals surface area contributed by atoms with E-state index in [2.05, 4.69) is 9.97 Å². The van der Waals surface area contributed by atoms with E-state index in [1.54, 1.807) is 50.5 Å². The first kappa shape index (κ1) is 36.1. The molecular formula is C43H44N4O8. The topological polar surface area (TPSA) is 204 Å². The average molecular weight is 745 g/mol. The maximum atomic E-state index is 13.9. The summed E-state index contributed by atoms with van der Waals surface area (Å²) in [6.45, 7) is 4.82. The molecule has 55 heavy (non-hydrogen) atoms. The number of carbonyl (C=O) groups is 1. The van der Waals surface area contributed by atoms with E-state index in [0.717, 1.165) is 27.8 Å². The molecule has 5 heterocycles. The second-order valence-corrected chi connectivity index (χ2v) is 15.2. The normalized spacial score (nSPS) is 23.1. The van der Waals surface area contributed by atoms with Gasteiger partial charge in [0.1, 0.15) is 63.9 Å². The lowest BCUT2D eigenvalue weighted by atomic mass is 9.68. The predicted octanol–water partition coefficient (Wildman–Crippen LogP) is 5.89. The van der Waals surface area contributed by atoms with Gasteiger partial charge in [0, 0.05) is 59.0 Å². The molecule has 0 saturated heterocycles. The van der Waals surface area contributed by atoms with Gasteiger partial charge in [0.2, 0.25) is 0 Å². The highest BCUT2D eigenvalue weighted by Crippen LogP contribution is 2.56. The van der Waals surface area contributed by atoms with Crippen LogP contribution in [-0.2, 0) is 41.8 Å². The maximum absolute atomic E-state index is 13.9. The third kappa shape index (κ3) is 6.14. The molecular weight excluding hydrogens is 700 g/mol. The maximum Gasteiger partial charge on any atom is 0.333 e. The van der Waals surface area contributed by atoms with Gasteiger partial charge in [-0.3, -0.25) is 4.79 Å². The summed E-state index contributed by atoms with van der Waals surface area (Å²) >= 11 is 0. The van der Waals surface area contributed by atoms with Crippen molar-refractivity contribution in [3.8, 4) is 17.2 Å². The van der Waals surface area contributed by atoms with Gasteiger partial charge in [0.15, 0.2) is 5.43 Å². The SMILES string of the molecule is C/C=C(/C)C(=O)O[C@@H]1Cc2c3c(c4oc(CO)cc(=O)c4c2O)[C@H]2Cc4cc(O)ccc4CC[C@@H](C[C@H](Cc4ccc(N)nc4)[C@]1(C)O3)c1c2ccnc1N. The van der Waals surface area contributed by atoms with Gasteiger partial charge in [-0.15, -0.1) is 0 Å². The van der Waals surface area contributed by atoms with Crippen LogP contribution in [0.3, 0.4) is 0 Å². The largest absolute Gasteiger partial charge is 0.508 e. The highest BCUT2D eigenvalue weighted by atomic mass is 16.6. The number of hydrogen-bond acceptors (Lipinski definition) is 12. The van der Waals surface area contributed by atoms with E-state index in [9.17, 15) is 24.9 Å². The van der Waals surface area contributed by atoms with Crippen LogP contribution in [0, 0.1) is 5.92 Å². The quantitative estimate of drug-likeness (QED) is 0.106. The van der Waals surface area contributed by atoms with Crippen LogP contribution in [0.15, 0.2) is 75.7 Å². The van der Waals surface area contributed by atoms with Crippen LogP contribution in [0.1, 0.15) is 90.2 Å². The fourth-order valence-corrected chi connectivity index (χ4v) is 9.00. The summed E-state index contributed by atoms with van der Waals surface area (Å²) in [4.78, 5) is 36.6. The average Bonchev–Trinajstić information content (AvgIpc) is 3.22. The van der Waals surface area contributed by atoms with Crippen LogP contribution < -0.4 is 21.6 Å². The number of rotatable bonds is 5. The van der Waals surface area contributed by atoms with E-state index < -0.39 is 35.6 Å². The van der Waals surface area contributed by atoms with Crippen molar-refractivity contribution in [3.05, 3.63) is 121 Å². The molecule has 8 rings (SSSR count). The third-order valence-corrected chi connectivity index (χ3v) is 12.1. The Hall–Kier alpha value is -5.88. The minimum Gasteiger partial charge on any atom is -0.508 e. The summed E-state index contributed by atoms with van der Waals surface area (Å²) in [6.07, 6.45) is 6.84. The minimum atomic E-state index is -1.22. The van der Waals surface area contributed by atoms with Crippen LogP contribution in [0.2, 0.25) is 0 Å². The molecule has 2 aliphatic heterocycles. The molecule has 0 fully saturated rings. The molecule has 7 N–H and O–H groups in total. The molecule has 2 aromatic carbocycles. The number of ether oxygens (including phenoxy) is 2. The van der Waals surface area contributed by atoms with Crippen LogP contribution in [0.5, 0.6) is 17.2 Å². The van der Waals surface area contributed by atoms with E-state index in [1.807, 2.05) is 25.1 Å². The summed E-state index contributed by atoms with van der Waals surface area (Å²) in [5.74, 6) is -0.837. The summed E-state index contributed by atoms with van der Waals surface area (Å²) in [6, 6.07) is 12.2. The van der Waals surface area contributed by atoms with Crippen molar-refractivity contribution in [1.29, 1.82) is 0 Å². The van der Waals surface area contributed by atoms with E-state index in [4.69, 9.17) is 25.4 Å². The van der Waals surface area contributed by atoms with Gasteiger partial charge in [-0.25, -0.2) is 14.8 Å². The van der Waals surface area contributed by atoms with Gasteiger partial charge in [-0.05, 0) is 105 Å². The zero-order valence-electron chi connectivity index (χ0n) is 31.0. The Kier molecular flexibility index (Phi) is 9.03. The number of esters is 1. The number of benzene rings is 2. The summed E-state index contributed by atoms with van der Waals surface area (Å²) in [7, 11) is 0. The lowest BCUT2D eigenvalue weighted by molar-refractivity contribution is -0.165. The Morgan fingerprint density at radius 3 is 2.64 bits per heavy atom. The molecule has 0 spiro atoms. The van der Waals surface area contributed by atoms with E-state index >= 15 is 0 Å². The van der Waals surface area contributed by atoms with Gasteiger partial charge >= 0.3 is 5.97 Å². The van der Waals surface area contributed by atoms with Crippen molar-refractivity contribution in [2.24, 2.45) is 5.92 Å². The molecule has 12 heteroatoms. The van der Waals surface area contributed by atoms with E-state index in [1.165, 1.54) is 6.07 Å². The number of pyridine rings is 2. The Labute approximate surface area is 317 Å². The van der Waals surface area contributed by atoms with E-state index in [0.29, 0.717) is 66.2 Å². The highest BCUT2D eigenvalue weighted by Gasteiger charge is 2.53. The first-order valence-corrected chi connectivity index (χ1v) is 18.6. The van der Waals surface area contributed by atoms with Gasteiger partial charge in [0.25, 0.3) is 0 Å². The zero-order chi connectivity index (χ0) is 38.8. The zero-order valence-corrected chi connectivity index (χ0v) is 31.0. The number of allylic oxidation sites excluding steroid dienone is 1. The molecule has 0 radical (unpaired) electrons. The molecule has 12 nitrogen and oxygen atoms in total. The smallest absolute Gasteiger partial charge is 0.333 e. The standard InChI is InChI=1S/C43H44N4O8/c1-4-21(2)42(52)54-33-18-31-38(51)37-32(50)17-28(20-48)53-40(37)36-30-16-25-15-27(49)9-8-23(25)6-7-24(35-29(30)11-12-46-41(35)45)14-26(43(33,3)55-39(31)36)13-22-5-10-34(44)47-19-22/h4-5,8-12,15,17,19,24,26,30,33,48-49,51H,6-7,13-14,16,18,20H2,1-3H3,(H2,44,47)(H2,45,46)/b21-4-/t24-,26-,30-,33+,43-/m0/s1. The molecule has 3 aliphatic rings. The molecule has 0 amide bonds. The Balaban J connectivity index is 1.50. The number of phenols is 2. The number of hydrogen-bond donors (Lipinski definition) is 5. The lowest BCUT2D eigenvalue weighted by Gasteiger charge is -2.49. The second-order valence-electron chi connectivity index (χ2n) is 15.2. The monoisotopic (exact) mass is 744 g/mol. The molecule has 284 valence electrons. The summed E-state index contributed by atoms with van der Waals surface area (Å²) in [5.41, 5.74) is 16.9. The number of aliphatic hydroxyl groups excluding tert-OH is 1. The molecule has 0 saturated carbocycles. The van der Waals surface area contributed by atoms with Gasteiger partial charge in [-0.2, -0.15) is 0 Å². The number of aromatic nitrogens is 2. The van der Waals surface area contributed by atoms with E-state index in [-0.39, 0.29) is 46.5 Å². The number of phenolic OH excluding ortho intramolecular Hbond substituents is 2. The van der Waals surface area contributed by atoms with Crippen LogP contribution >= 0.6 is 0 Å². The number of aromatic hydroxyl groups is 2. The molecule has 1 aliphatic carbocycles. The number of nitrogen functional groups attached to an aromatic ring is 2. The highest BCUT2D eigenvalue weighted by molar-refractivity contribution is 5.92. The minimum absolute atomic E-state index is 0.0135. The fourth-order valence-electron chi connectivity index (χ4n) is 9.00. The number of carbonyl (C=O) groups excluding carboxylic acids is 1. The van der Waals surface area contributed by atoms with Gasteiger partial charge in [-0.1, -0.05) is 18.2 Å². The number of nitrogens with zero attached hydrogens (tertiary/aromatic N) is 2. The fraction of sp³-hybridized carbons (Fsp3) is 0.349. The van der Waals surface area contributed by atoms with Gasteiger partial charge in [0.05, 0.1) is 0 Å². The van der Waals surface area contributed by atoms with Crippen LogP contribution in [0.4, 0.5) is 11.6 Å². The predicted molar refractivity (Wildman–Crippen MR) is 206 cm³/mol. The number of aliphatic hydroxyl groups is 1. The number of aryl methyl sites for hydroxylation is 1. The van der Waals surface area contributed by atoms with Crippen molar-refractivity contribution in [2.75, 3.05) is 11.5 Å². The molecule has 3 aromatic heterocycles. The van der Waals surface area contributed by atoms with Crippen molar-refractivity contribution in [2.45, 2.75) is 89.4 Å². The second kappa shape index (κ2) is 13.8. The molecule has 4 bridgehead atoms. The van der Waals surface area contributed by atoms with Crippen molar-refractivity contribution in [3.63, 3.8) is 0 Å². The van der Waals surface area contributed by atoms with Crippen molar-refractivity contribution < 1.29 is 34.0 Å². The van der Waals surface area contributed by atoms with Crippen molar-refractivity contribution >= 4 is 28.6 Å². The first-order valence-electron chi connectivity index (χ1n) is 18.6. The Bertz CT molecular complexity index is 2440. The van der Waals surface area contributed by atoms with Crippen LogP contribution in [-0.4, -0.2) is 43.0 Å². The Morgan fingerprint density at radius 1 is 1.07 bits per heavy atom. The molecule has 5 atom stereocenters. The summed E-state index contributed by atoms with van der Waals surface area (Å²) < 4.78 is 20.1. The first-order chi connectivity index (χ1) is 26.4. The lowest BCUT2D eigenvalue weighted by Crippen LogP contribution is -2.57. The van der Waals surface area contributed by atoms with Gasteiger partial charge < -0.3 is 40.7 Å². The van der Waals surface area contributed by atoms with Crippen LogP contribution in [0.25, 0.3) is 11.0 Å². The summed E-state index contributed by atoms with van der Waals surface area (Å²) in [5, 5.41) is 33.1. The number of nitrogens with two attached hydrogens (primary N) is 2. The number of fused-ring (bicyclic) bond motifs is 5. The molecule has 5 aromatic rings. The Morgan fingerprint density at radius 2 is 1.89 bits per heavy atom. The third-order valence-electron chi connectivity index (χ3n) is 12.1. The number of anilines is 2.